The lowest BCUT2D eigenvalue weighted by Gasteiger charge is -2.61. The summed E-state index contributed by atoms with van der Waals surface area (Å²) in [6.45, 7) is 8.84. The van der Waals surface area contributed by atoms with Gasteiger partial charge in [0.25, 0.3) is 0 Å². The Morgan fingerprint density at radius 3 is 2.44 bits per heavy atom. The highest BCUT2D eigenvalue weighted by molar-refractivity contribution is 5.79. The van der Waals surface area contributed by atoms with Crippen molar-refractivity contribution >= 4 is 5.78 Å². The smallest absolute Gasteiger partial charge is 0.133 e. The Morgan fingerprint density at radius 1 is 1.00 bits per heavy atom. The number of fused-ring (bicyclic) bond motifs is 5. The van der Waals surface area contributed by atoms with Crippen LogP contribution < -0.4 is 0 Å². The van der Waals surface area contributed by atoms with E-state index in [1.54, 1.807) is 0 Å². The van der Waals surface area contributed by atoms with Crippen LogP contribution in [0.2, 0.25) is 0 Å². The van der Waals surface area contributed by atoms with E-state index in [1.165, 1.54) is 32.1 Å². The fourth-order valence-electron chi connectivity index (χ4n) is 8.28. The molecule has 0 amide bonds. The molecule has 1 N–H and O–H groups in total. The first-order valence-electron chi connectivity index (χ1n) is 11.5. The molecule has 0 aromatic rings. The molecule has 150 valence electrons. The van der Waals surface area contributed by atoms with Crippen molar-refractivity contribution in [1.29, 1.82) is 0 Å². The number of Topliss-reactive ketones (excluding diaryl/α,β-unsaturated/α-hetero) is 1. The molecule has 0 bridgehead atoms. The maximum atomic E-state index is 12.3. The summed E-state index contributed by atoms with van der Waals surface area (Å²) in [5.41, 5.74) is -0.139. The van der Waals surface area contributed by atoms with Crippen LogP contribution in [0.25, 0.3) is 0 Å². The molecule has 4 rings (SSSR count). The minimum atomic E-state index is -0.747. The van der Waals surface area contributed by atoms with Crippen LogP contribution in [-0.4, -0.2) is 16.5 Å². The molecule has 4 fully saturated rings. The van der Waals surface area contributed by atoms with E-state index in [9.17, 15) is 9.90 Å². The molecule has 4 saturated carbocycles. The van der Waals surface area contributed by atoms with Gasteiger partial charge < -0.3 is 5.11 Å². The van der Waals surface area contributed by atoms with Crippen molar-refractivity contribution < 1.29 is 9.90 Å². The Bertz CT molecular complexity index is 672. The molecule has 0 unspecified atom stereocenters. The SMILES string of the molecule is CCC#C[C@@]1(O)CC[C@@]2(C)[C@H](CC[C@@H]3[C@@H]2CC[C@]2(C)[C@@H](C(C)=O)CC[C@@H]32)C1. The highest BCUT2D eigenvalue weighted by Crippen LogP contribution is 2.68. The van der Waals surface area contributed by atoms with Crippen LogP contribution in [0.1, 0.15) is 91.9 Å². The topological polar surface area (TPSA) is 37.3 Å². The maximum Gasteiger partial charge on any atom is 0.133 e. The van der Waals surface area contributed by atoms with Gasteiger partial charge in [0.05, 0.1) is 0 Å². The number of carbonyl (C=O) groups is 1. The van der Waals surface area contributed by atoms with Gasteiger partial charge in [0.2, 0.25) is 0 Å². The van der Waals surface area contributed by atoms with Gasteiger partial charge in [-0.25, -0.2) is 0 Å². The van der Waals surface area contributed by atoms with Crippen molar-refractivity contribution in [2.24, 2.45) is 40.4 Å². The van der Waals surface area contributed by atoms with Crippen molar-refractivity contribution in [1.82, 2.24) is 0 Å². The second-order valence-electron chi connectivity index (χ2n) is 10.8. The summed E-state index contributed by atoms with van der Waals surface area (Å²) in [6.07, 6.45) is 11.1. The zero-order valence-electron chi connectivity index (χ0n) is 17.8. The van der Waals surface area contributed by atoms with Gasteiger partial charge in [-0.05, 0) is 99.2 Å². The Morgan fingerprint density at radius 2 is 1.74 bits per heavy atom. The normalized spacial score (nSPS) is 51.4. The highest BCUT2D eigenvalue weighted by atomic mass is 16.3. The van der Waals surface area contributed by atoms with Gasteiger partial charge in [-0.3, -0.25) is 4.79 Å². The molecule has 0 spiro atoms. The molecule has 0 saturated heterocycles. The molecule has 27 heavy (non-hydrogen) atoms. The van der Waals surface area contributed by atoms with Crippen LogP contribution in [0.15, 0.2) is 0 Å². The molecule has 0 aromatic heterocycles. The fourth-order valence-corrected chi connectivity index (χ4v) is 8.28. The van der Waals surface area contributed by atoms with Crippen LogP contribution >= 0.6 is 0 Å². The number of ketones is 1. The zero-order chi connectivity index (χ0) is 19.4. The van der Waals surface area contributed by atoms with E-state index in [2.05, 4.69) is 32.6 Å². The summed E-state index contributed by atoms with van der Waals surface area (Å²) in [5.74, 6) is 9.99. The molecule has 8 atom stereocenters. The Hall–Kier alpha value is -0.810. The maximum absolute atomic E-state index is 12.3. The molecular weight excluding hydrogens is 332 g/mol. The second kappa shape index (κ2) is 6.62. The van der Waals surface area contributed by atoms with Gasteiger partial charge in [0.1, 0.15) is 11.4 Å². The molecule has 0 aromatic carbocycles. The summed E-state index contributed by atoms with van der Waals surface area (Å²) in [7, 11) is 0. The summed E-state index contributed by atoms with van der Waals surface area (Å²) >= 11 is 0. The minimum absolute atomic E-state index is 0.248. The quantitative estimate of drug-likeness (QED) is 0.629. The Balaban J connectivity index is 1.57. The summed E-state index contributed by atoms with van der Waals surface area (Å²) in [4.78, 5) is 12.3. The lowest BCUT2D eigenvalue weighted by Crippen LogP contribution is -2.56. The first-order chi connectivity index (χ1) is 12.7. The lowest BCUT2D eigenvalue weighted by atomic mass is 9.44. The first kappa shape index (κ1) is 19.5. The fraction of sp³-hybridized carbons (Fsp3) is 0.880. The third-order valence-electron chi connectivity index (χ3n) is 9.72. The number of aliphatic hydroxyl groups is 1. The Kier molecular flexibility index (Phi) is 4.78. The Labute approximate surface area is 165 Å². The third-order valence-corrected chi connectivity index (χ3v) is 9.72. The van der Waals surface area contributed by atoms with Gasteiger partial charge in [0, 0.05) is 12.3 Å². The van der Waals surface area contributed by atoms with Crippen molar-refractivity contribution in [3.05, 3.63) is 0 Å². The van der Waals surface area contributed by atoms with E-state index < -0.39 is 5.60 Å². The largest absolute Gasteiger partial charge is 0.378 e. The van der Waals surface area contributed by atoms with Gasteiger partial charge in [-0.15, -0.1) is 5.92 Å². The van der Waals surface area contributed by atoms with E-state index in [0.29, 0.717) is 23.0 Å². The summed E-state index contributed by atoms with van der Waals surface area (Å²) in [6, 6.07) is 0. The summed E-state index contributed by atoms with van der Waals surface area (Å²) in [5, 5.41) is 11.0. The third kappa shape index (κ3) is 2.91. The van der Waals surface area contributed by atoms with Gasteiger partial charge in [0.15, 0.2) is 0 Å². The van der Waals surface area contributed by atoms with Crippen LogP contribution in [0, 0.1) is 52.3 Å². The van der Waals surface area contributed by atoms with Crippen molar-refractivity contribution in [2.45, 2.75) is 97.5 Å². The zero-order valence-corrected chi connectivity index (χ0v) is 17.8. The highest BCUT2D eigenvalue weighted by Gasteiger charge is 2.61. The van der Waals surface area contributed by atoms with E-state index in [1.807, 2.05) is 6.92 Å². The van der Waals surface area contributed by atoms with E-state index in [4.69, 9.17) is 0 Å². The van der Waals surface area contributed by atoms with Gasteiger partial charge >= 0.3 is 0 Å². The standard InChI is InChI=1S/C25H38O2/c1-5-6-12-25(27)15-14-23(3)18(16-25)7-8-19-21-10-9-20(17(2)26)24(21,4)13-11-22(19)23/h18-22,27H,5,7-11,13-16H2,1-4H3/t18-,19+,20-,21+,22+,23+,24-,25-/m1/s1. The monoisotopic (exact) mass is 370 g/mol. The molecule has 0 heterocycles. The molecule has 4 aliphatic rings. The molecule has 0 aliphatic heterocycles. The second-order valence-corrected chi connectivity index (χ2v) is 10.8. The van der Waals surface area contributed by atoms with Crippen LogP contribution in [0.3, 0.4) is 0 Å². The first-order valence-corrected chi connectivity index (χ1v) is 11.5. The molecular formula is C25H38O2. The van der Waals surface area contributed by atoms with Crippen molar-refractivity contribution in [3.8, 4) is 11.8 Å². The van der Waals surface area contributed by atoms with Crippen LogP contribution in [0.5, 0.6) is 0 Å². The average molecular weight is 371 g/mol. The van der Waals surface area contributed by atoms with Gasteiger partial charge in [-0.2, -0.15) is 0 Å². The number of rotatable bonds is 1. The minimum Gasteiger partial charge on any atom is -0.378 e. The van der Waals surface area contributed by atoms with Crippen molar-refractivity contribution in [2.75, 3.05) is 0 Å². The van der Waals surface area contributed by atoms with Crippen molar-refractivity contribution in [3.63, 3.8) is 0 Å². The van der Waals surface area contributed by atoms with E-state index >= 15 is 0 Å². The predicted octanol–water partition coefficient (Wildman–Crippen LogP) is 5.38. The number of hydrogen-bond acceptors (Lipinski definition) is 2. The number of hydrogen-bond donors (Lipinski definition) is 1. The molecule has 0 radical (unpaired) electrons. The average Bonchev–Trinajstić information content (AvgIpc) is 2.98. The van der Waals surface area contributed by atoms with Gasteiger partial charge in [-0.1, -0.05) is 26.7 Å². The van der Waals surface area contributed by atoms with E-state index in [-0.39, 0.29) is 5.41 Å². The predicted molar refractivity (Wildman–Crippen MR) is 109 cm³/mol. The van der Waals surface area contributed by atoms with E-state index in [0.717, 1.165) is 49.9 Å². The molecule has 2 heteroatoms. The number of carbonyl (C=O) groups excluding carboxylic acids is 1. The summed E-state index contributed by atoms with van der Waals surface area (Å²) < 4.78 is 0. The molecule has 4 aliphatic carbocycles. The van der Waals surface area contributed by atoms with Crippen LogP contribution in [-0.2, 0) is 4.79 Å². The molecule has 2 nitrogen and oxygen atoms in total. The van der Waals surface area contributed by atoms with Crippen LogP contribution in [0.4, 0.5) is 0 Å². The lowest BCUT2D eigenvalue weighted by molar-refractivity contribution is -0.144.